The predicted octanol–water partition coefficient (Wildman–Crippen LogP) is 2.23. The van der Waals surface area contributed by atoms with E-state index in [4.69, 9.17) is 4.42 Å². The molecular weight excluding hydrogens is 328 g/mol. The van der Waals surface area contributed by atoms with E-state index in [2.05, 4.69) is 0 Å². The van der Waals surface area contributed by atoms with Gasteiger partial charge in [0.15, 0.2) is 0 Å². The Balaban J connectivity index is 2.21. The first-order chi connectivity index (χ1) is 11.8. The van der Waals surface area contributed by atoms with Crippen LogP contribution in [0, 0.1) is 24.0 Å². The molecule has 8 nitrogen and oxygen atoms in total. The van der Waals surface area contributed by atoms with E-state index in [1.165, 1.54) is 29.7 Å². The summed E-state index contributed by atoms with van der Waals surface area (Å²) in [5.41, 5.74) is 0.126. The van der Waals surface area contributed by atoms with Crippen LogP contribution in [0.25, 0.3) is 11.0 Å². The zero-order valence-electron chi connectivity index (χ0n) is 13.5. The normalized spacial score (nSPS) is 11.0. The Morgan fingerprint density at radius 1 is 1.24 bits per heavy atom. The van der Waals surface area contributed by atoms with E-state index < -0.39 is 16.1 Å². The number of nitrogens with zero attached hydrogens (tertiary/aromatic N) is 2. The molecule has 0 unspecified atom stereocenters. The molecule has 0 amide bonds. The number of aromatic nitrogens is 1. The van der Waals surface area contributed by atoms with Gasteiger partial charge in [-0.2, -0.15) is 0 Å². The average Bonchev–Trinajstić information content (AvgIpc) is 2.53. The van der Waals surface area contributed by atoms with E-state index in [0.717, 1.165) is 6.20 Å². The number of phenols is 1. The molecule has 1 N–H and O–H groups in total. The fourth-order valence-corrected chi connectivity index (χ4v) is 2.70. The first kappa shape index (κ1) is 16.4. The summed E-state index contributed by atoms with van der Waals surface area (Å²) in [5.74, 6) is -0.0176. The highest BCUT2D eigenvalue weighted by Gasteiger charge is 2.16. The van der Waals surface area contributed by atoms with Crippen molar-refractivity contribution < 1.29 is 14.4 Å². The molecule has 25 heavy (non-hydrogen) atoms. The van der Waals surface area contributed by atoms with Crippen molar-refractivity contribution in [3.63, 3.8) is 0 Å². The summed E-state index contributed by atoms with van der Waals surface area (Å²) in [5, 5.41) is 21.4. The zero-order valence-corrected chi connectivity index (χ0v) is 13.5. The largest absolute Gasteiger partial charge is 0.508 e. The van der Waals surface area contributed by atoms with Crippen LogP contribution in [-0.2, 0) is 6.54 Å². The van der Waals surface area contributed by atoms with Gasteiger partial charge in [0, 0.05) is 28.6 Å². The molecule has 0 aliphatic rings. The van der Waals surface area contributed by atoms with Crippen LogP contribution in [0.5, 0.6) is 5.75 Å². The van der Waals surface area contributed by atoms with Crippen molar-refractivity contribution >= 4 is 16.7 Å². The molecule has 0 bridgehead atoms. The van der Waals surface area contributed by atoms with Crippen molar-refractivity contribution in [1.29, 1.82) is 0 Å². The molecule has 0 aliphatic heterocycles. The topological polar surface area (TPSA) is 116 Å². The lowest BCUT2D eigenvalue weighted by Crippen LogP contribution is -2.21. The summed E-state index contributed by atoms with van der Waals surface area (Å²) in [6, 6.07) is 5.45. The van der Waals surface area contributed by atoms with Crippen LogP contribution < -0.4 is 11.2 Å². The van der Waals surface area contributed by atoms with E-state index in [0.29, 0.717) is 16.5 Å². The van der Waals surface area contributed by atoms with Crippen LogP contribution in [0.15, 0.2) is 44.5 Å². The van der Waals surface area contributed by atoms with Crippen molar-refractivity contribution in [1.82, 2.24) is 4.57 Å². The lowest BCUT2D eigenvalue weighted by molar-refractivity contribution is -0.385. The summed E-state index contributed by atoms with van der Waals surface area (Å²) in [7, 11) is 0. The van der Waals surface area contributed by atoms with Gasteiger partial charge in [-0.3, -0.25) is 14.9 Å². The van der Waals surface area contributed by atoms with Crippen LogP contribution in [0.4, 0.5) is 5.69 Å². The van der Waals surface area contributed by atoms with Gasteiger partial charge in [0.05, 0.1) is 17.7 Å². The molecule has 0 spiro atoms. The summed E-state index contributed by atoms with van der Waals surface area (Å²) in [4.78, 5) is 34.5. The minimum absolute atomic E-state index is 0.0176. The predicted molar refractivity (Wildman–Crippen MR) is 90.1 cm³/mol. The minimum atomic E-state index is -0.633. The number of pyridine rings is 1. The number of rotatable bonds is 3. The van der Waals surface area contributed by atoms with E-state index in [1.54, 1.807) is 13.0 Å². The number of nitro groups is 1. The maximum atomic E-state index is 12.2. The molecule has 1 aromatic carbocycles. The van der Waals surface area contributed by atoms with Gasteiger partial charge < -0.3 is 14.1 Å². The number of aryl methyl sites for hydroxylation is 2. The van der Waals surface area contributed by atoms with Crippen molar-refractivity contribution in [2.45, 2.75) is 20.4 Å². The monoisotopic (exact) mass is 342 g/mol. The average molecular weight is 342 g/mol. The summed E-state index contributed by atoms with van der Waals surface area (Å²) >= 11 is 0. The number of fused-ring (bicyclic) bond motifs is 1. The van der Waals surface area contributed by atoms with Crippen LogP contribution >= 0.6 is 0 Å². The first-order valence-corrected chi connectivity index (χ1v) is 7.38. The highest BCUT2D eigenvalue weighted by molar-refractivity contribution is 5.84. The summed E-state index contributed by atoms with van der Waals surface area (Å²) in [6.45, 7) is 3.06. The van der Waals surface area contributed by atoms with Crippen molar-refractivity contribution in [3.05, 3.63) is 78.0 Å². The lowest BCUT2D eigenvalue weighted by Gasteiger charge is -2.10. The van der Waals surface area contributed by atoms with Gasteiger partial charge in [-0.05, 0) is 31.5 Å². The molecule has 3 aromatic rings. The van der Waals surface area contributed by atoms with E-state index >= 15 is 0 Å². The molecule has 0 radical (unpaired) electrons. The second-order valence-electron chi connectivity index (χ2n) is 5.74. The SMILES string of the molecule is Cc1cc(=O)n(Cc2cc(=O)oc3c(C)c(O)ccc23)cc1[N+](=O)[O-]. The van der Waals surface area contributed by atoms with Gasteiger partial charge in [0.1, 0.15) is 11.3 Å². The van der Waals surface area contributed by atoms with E-state index in [1.807, 2.05) is 0 Å². The van der Waals surface area contributed by atoms with Gasteiger partial charge in [-0.1, -0.05) is 0 Å². The Morgan fingerprint density at radius 2 is 1.96 bits per heavy atom. The molecule has 0 atom stereocenters. The Bertz CT molecular complexity index is 1130. The van der Waals surface area contributed by atoms with Crippen LogP contribution in [0.1, 0.15) is 16.7 Å². The molecule has 2 heterocycles. The molecule has 0 fully saturated rings. The van der Waals surface area contributed by atoms with Gasteiger partial charge in [-0.25, -0.2) is 4.79 Å². The number of hydrogen-bond acceptors (Lipinski definition) is 6. The Morgan fingerprint density at radius 3 is 2.64 bits per heavy atom. The third kappa shape index (κ3) is 2.89. The van der Waals surface area contributed by atoms with Gasteiger partial charge in [0.2, 0.25) is 0 Å². The molecule has 128 valence electrons. The molecule has 0 saturated heterocycles. The van der Waals surface area contributed by atoms with Crippen molar-refractivity contribution in [2.75, 3.05) is 0 Å². The molecule has 0 aliphatic carbocycles. The van der Waals surface area contributed by atoms with Gasteiger partial charge in [0.25, 0.3) is 11.2 Å². The third-order valence-electron chi connectivity index (χ3n) is 4.06. The molecule has 3 rings (SSSR count). The lowest BCUT2D eigenvalue weighted by atomic mass is 10.1. The first-order valence-electron chi connectivity index (χ1n) is 7.38. The summed E-state index contributed by atoms with van der Waals surface area (Å²) in [6.07, 6.45) is 1.16. The van der Waals surface area contributed by atoms with Crippen LogP contribution in [-0.4, -0.2) is 14.6 Å². The number of aromatic hydroxyl groups is 1. The highest BCUT2D eigenvalue weighted by Crippen LogP contribution is 2.27. The number of hydrogen-bond donors (Lipinski definition) is 1. The van der Waals surface area contributed by atoms with E-state index in [9.17, 15) is 24.8 Å². The maximum Gasteiger partial charge on any atom is 0.336 e. The summed E-state index contributed by atoms with van der Waals surface area (Å²) < 4.78 is 6.32. The molecule has 0 saturated carbocycles. The Hall–Kier alpha value is -3.42. The second kappa shape index (κ2) is 5.90. The number of phenolic OH excluding ortho intramolecular Hbond substituents is 1. The fourth-order valence-electron chi connectivity index (χ4n) is 2.70. The molecule has 8 heteroatoms. The number of benzene rings is 1. The quantitative estimate of drug-likeness (QED) is 0.443. The van der Waals surface area contributed by atoms with Crippen LogP contribution in [0.3, 0.4) is 0 Å². The van der Waals surface area contributed by atoms with Crippen molar-refractivity contribution in [2.24, 2.45) is 0 Å². The zero-order chi connectivity index (χ0) is 18.3. The highest BCUT2D eigenvalue weighted by atomic mass is 16.6. The maximum absolute atomic E-state index is 12.2. The Kier molecular flexibility index (Phi) is 3.88. The standard InChI is InChI=1S/C17H14N2O6/c1-9-5-15(21)18(8-13(9)19(23)24)7-11-6-16(22)25-17-10(2)14(20)4-3-12(11)17/h3-6,8,20H,7H2,1-2H3. The van der Waals surface area contributed by atoms with Crippen molar-refractivity contribution in [3.8, 4) is 5.75 Å². The molecular formula is C17H14N2O6. The Labute approximate surface area is 140 Å². The van der Waals surface area contributed by atoms with Gasteiger partial charge >= 0.3 is 5.63 Å². The van der Waals surface area contributed by atoms with Crippen LogP contribution in [0.2, 0.25) is 0 Å². The second-order valence-corrected chi connectivity index (χ2v) is 5.74. The molecule has 2 aromatic heterocycles. The fraction of sp³-hybridized carbons (Fsp3) is 0.176. The third-order valence-corrected chi connectivity index (χ3v) is 4.06. The smallest absolute Gasteiger partial charge is 0.336 e. The van der Waals surface area contributed by atoms with E-state index in [-0.39, 0.29) is 29.1 Å². The minimum Gasteiger partial charge on any atom is -0.508 e. The van der Waals surface area contributed by atoms with Gasteiger partial charge in [-0.15, -0.1) is 0 Å².